The largest absolute Gasteiger partial charge is 0.370 e. The van der Waals surface area contributed by atoms with Crippen molar-refractivity contribution in [3.05, 3.63) is 23.8 Å². The first kappa shape index (κ1) is 10.9. The zero-order valence-electron chi connectivity index (χ0n) is 9.95. The molecule has 1 aliphatic rings. The van der Waals surface area contributed by atoms with E-state index in [2.05, 4.69) is 29.8 Å². The van der Waals surface area contributed by atoms with Crippen molar-refractivity contribution in [2.45, 2.75) is 20.8 Å². The van der Waals surface area contributed by atoms with Gasteiger partial charge in [-0.05, 0) is 30.0 Å². The maximum Gasteiger partial charge on any atom is 0.240 e. The third-order valence-corrected chi connectivity index (χ3v) is 3.02. The number of isocyanates is 1. The molecule has 3 nitrogen and oxygen atoms in total. The summed E-state index contributed by atoms with van der Waals surface area (Å²) >= 11 is 0. The molecule has 3 heteroatoms. The van der Waals surface area contributed by atoms with Crippen LogP contribution in [0, 0.1) is 12.3 Å². The number of anilines is 1. The van der Waals surface area contributed by atoms with Gasteiger partial charge < -0.3 is 4.90 Å². The van der Waals surface area contributed by atoms with Gasteiger partial charge in [-0.1, -0.05) is 19.9 Å². The van der Waals surface area contributed by atoms with E-state index >= 15 is 0 Å². The lowest BCUT2D eigenvalue weighted by molar-refractivity contribution is 0.276. The van der Waals surface area contributed by atoms with Gasteiger partial charge in [-0.25, -0.2) is 4.79 Å². The first-order valence-electron chi connectivity index (χ1n) is 5.46. The van der Waals surface area contributed by atoms with Gasteiger partial charge in [0.25, 0.3) is 0 Å². The molecule has 0 spiro atoms. The molecule has 0 amide bonds. The highest BCUT2D eigenvalue weighted by molar-refractivity contribution is 5.67. The molecule has 1 heterocycles. The molecular formula is C13H16N2O. The van der Waals surface area contributed by atoms with E-state index in [1.54, 1.807) is 6.08 Å². The quantitative estimate of drug-likeness (QED) is 0.562. The lowest BCUT2D eigenvalue weighted by Gasteiger charge is -2.48. The summed E-state index contributed by atoms with van der Waals surface area (Å²) in [4.78, 5) is 16.3. The summed E-state index contributed by atoms with van der Waals surface area (Å²) in [6.07, 6.45) is 1.60. The lowest BCUT2D eigenvalue weighted by Crippen LogP contribution is -2.53. The minimum absolute atomic E-state index is 0.399. The van der Waals surface area contributed by atoms with Crippen LogP contribution in [0.4, 0.5) is 11.4 Å². The fourth-order valence-electron chi connectivity index (χ4n) is 2.28. The van der Waals surface area contributed by atoms with E-state index in [1.165, 1.54) is 5.69 Å². The summed E-state index contributed by atoms with van der Waals surface area (Å²) in [5.74, 6) is 0. The van der Waals surface area contributed by atoms with Gasteiger partial charge >= 0.3 is 0 Å². The Kier molecular flexibility index (Phi) is 2.56. The van der Waals surface area contributed by atoms with Crippen LogP contribution in [0.1, 0.15) is 19.4 Å². The summed E-state index contributed by atoms with van der Waals surface area (Å²) in [7, 11) is 0. The van der Waals surface area contributed by atoms with E-state index in [-0.39, 0.29) is 0 Å². The van der Waals surface area contributed by atoms with Gasteiger partial charge in [-0.3, -0.25) is 0 Å². The van der Waals surface area contributed by atoms with E-state index in [0.717, 1.165) is 24.3 Å². The maximum absolute atomic E-state index is 10.3. The molecule has 0 saturated carbocycles. The number of aliphatic imine (C=N–C) groups is 1. The number of carbonyl (C=O) groups excluding carboxylic acids is 1. The summed E-state index contributed by atoms with van der Waals surface area (Å²) in [6, 6.07) is 5.85. The Hall–Kier alpha value is -1.60. The van der Waals surface area contributed by atoms with Crippen molar-refractivity contribution in [3.8, 4) is 0 Å². The minimum Gasteiger partial charge on any atom is -0.370 e. The van der Waals surface area contributed by atoms with Gasteiger partial charge in [0.05, 0.1) is 5.69 Å². The molecule has 1 aromatic carbocycles. The standard InChI is InChI=1S/C13H16N2O/c1-10-11(14-9-16)5-4-6-12(10)15-7-13(2,3)8-15/h4-6H,7-8H2,1-3H3. The minimum atomic E-state index is 0.399. The summed E-state index contributed by atoms with van der Waals surface area (Å²) in [5, 5.41) is 0. The Morgan fingerprint density at radius 1 is 1.38 bits per heavy atom. The number of benzene rings is 1. The molecular weight excluding hydrogens is 200 g/mol. The van der Waals surface area contributed by atoms with Crippen LogP contribution in [-0.4, -0.2) is 19.2 Å². The summed E-state index contributed by atoms with van der Waals surface area (Å²) in [6.45, 7) is 8.62. The number of hydrogen-bond donors (Lipinski definition) is 0. The van der Waals surface area contributed by atoms with Gasteiger partial charge in [-0.2, -0.15) is 4.99 Å². The Balaban J connectivity index is 2.29. The summed E-state index contributed by atoms with van der Waals surface area (Å²) in [5.41, 5.74) is 3.35. The second-order valence-corrected chi connectivity index (χ2v) is 5.14. The van der Waals surface area contributed by atoms with Crippen molar-refractivity contribution in [3.63, 3.8) is 0 Å². The predicted molar refractivity (Wildman–Crippen MR) is 65.0 cm³/mol. The van der Waals surface area contributed by atoms with E-state index < -0.39 is 0 Å². The van der Waals surface area contributed by atoms with Crippen molar-refractivity contribution in [2.24, 2.45) is 10.4 Å². The van der Waals surface area contributed by atoms with Crippen molar-refractivity contribution in [1.29, 1.82) is 0 Å². The van der Waals surface area contributed by atoms with E-state index in [1.807, 2.05) is 19.1 Å². The molecule has 2 rings (SSSR count). The van der Waals surface area contributed by atoms with Crippen molar-refractivity contribution in [1.82, 2.24) is 0 Å². The molecule has 0 aromatic heterocycles. The first-order valence-corrected chi connectivity index (χ1v) is 5.46. The molecule has 0 bridgehead atoms. The van der Waals surface area contributed by atoms with Crippen molar-refractivity contribution < 1.29 is 4.79 Å². The molecule has 0 unspecified atom stereocenters. The fraction of sp³-hybridized carbons (Fsp3) is 0.462. The topological polar surface area (TPSA) is 32.7 Å². The van der Waals surface area contributed by atoms with Crippen molar-refractivity contribution >= 4 is 17.5 Å². The average Bonchev–Trinajstić information content (AvgIpc) is 2.18. The molecule has 84 valence electrons. The first-order chi connectivity index (χ1) is 7.53. The van der Waals surface area contributed by atoms with Crippen LogP contribution < -0.4 is 4.90 Å². The maximum atomic E-state index is 10.3. The third-order valence-electron chi connectivity index (χ3n) is 3.02. The van der Waals surface area contributed by atoms with Gasteiger partial charge in [0.1, 0.15) is 0 Å². The van der Waals surface area contributed by atoms with Crippen LogP contribution in [0.15, 0.2) is 23.2 Å². The number of hydrogen-bond acceptors (Lipinski definition) is 3. The number of rotatable bonds is 2. The second-order valence-electron chi connectivity index (χ2n) is 5.14. The van der Waals surface area contributed by atoms with Crippen LogP contribution >= 0.6 is 0 Å². The lowest BCUT2D eigenvalue weighted by atomic mass is 9.83. The Morgan fingerprint density at radius 2 is 2.06 bits per heavy atom. The molecule has 1 aliphatic heterocycles. The predicted octanol–water partition coefficient (Wildman–Crippen LogP) is 2.81. The second kappa shape index (κ2) is 3.76. The molecule has 1 fully saturated rings. The van der Waals surface area contributed by atoms with Gasteiger partial charge in [0.2, 0.25) is 6.08 Å². The van der Waals surface area contributed by atoms with Crippen LogP contribution in [0.3, 0.4) is 0 Å². The molecule has 0 N–H and O–H groups in total. The fourth-order valence-corrected chi connectivity index (χ4v) is 2.28. The number of nitrogens with zero attached hydrogens (tertiary/aromatic N) is 2. The highest BCUT2D eigenvalue weighted by Gasteiger charge is 2.34. The Labute approximate surface area is 95.8 Å². The Morgan fingerprint density at radius 3 is 2.62 bits per heavy atom. The average molecular weight is 216 g/mol. The SMILES string of the molecule is Cc1c(N=C=O)cccc1N1CC(C)(C)C1. The molecule has 0 aliphatic carbocycles. The zero-order chi connectivity index (χ0) is 11.8. The molecule has 16 heavy (non-hydrogen) atoms. The normalized spacial score (nSPS) is 17.6. The van der Waals surface area contributed by atoms with Crippen LogP contribution in [0.25, 0.3) is 0 Å². The summed E-state index contributed by atoms with van der Waals surface area (Å²) < 4.78 is 0. The van der Waals surface area contributed by atoms with E-state index in [9.17, 15) is 4.79 Å². The van der Waals surface area contributed by atoms with Crippen molar-refractivity contribution in [2.75, 3.05) is 18.0 Å². The van der Waals surface area contributed by atoms with E-state index in [0.29, 0.717) is 5.41 Å². The van der Waals surface area contributed by atoms with Crippen LogP contribution in [0.2, 0.25) is 0 Å². The monoisotopic (exact) mass is 216 g/mol. The van der Waals surface area contributed by atoms with Gasteiger partial charge in [0.15, 0.2) is 0 Å². The van der Waals surface area contributed by atoms with E-state index in [4.69, 9.17) is 0 Å². The van der Waals surface area contributed by atoms with Crippen LogP contribution in [0.5, 0.6) is 0 Å². The molecule has 1 saturated heterocycles. The molecule has 0 atom stereocenters. The van der Waals surface area contributed by atoms with Crippen LogP contribution in [-0.2, 0) is 4.79 Å². The highest BCUT2D eigenvalue weighted by Crippen LogP contribution is 2.37. The molecule has 1 aromatic rings. The Bertz CT molecular complexity index is 451. The molecule has 0 radical (unpaired) electrons. The highest BCUT2D eigenvalue weighted by atomic mass is 16.1. The smallest absolute Gasteiger partial charge is 0.240 e. The van der Waals surface area contributed by atoms with Gasteiger partial charge in [0, 0.05) is 18.8 Å². The third kappa shape index (κ3) is 1.86. The van der Waals surface area contributed by atoms with Gasteiger partial charge in [-0.15, -0.1) is 0 Å². The zero-order valence-corrected chi connectivity index (χ0v) is 9.95.